The lowest BCUT2D eigenvalue weighted by atomic mass is 10.1. The predicted octanol–water partition coefficient (Wildman–Crippen LogP) is 5.18. The van der Waals surface area contributed by atoms with Crippen molar-refractivity contribution in [3.8, 4) is 5.69 Å². The molecule has 0 unspecified atom stereocenters. The number of rotatable bonds is 3. The maximum Gasteiger partial charge on any atom is 0.265 e. The highest BCUT2D eigenvalue weighted by Gasteiger charge is 2.23. The van der Waals surface area contributed by atoms with E-state index < -0.39 is 0 Å². The molecule has 0 aliphatic heterocycles. The first-order valence-corrected chi connectivity index (χ1v) is 10.7. The van der Waals surface area contributed by atoms with E-state index in [4.69, 9.17) is 15.0 Å². The molecule has 5 aromatic rings. The molecule has 0 saturated carbocycles. The average Bonchev–Trinajstić information content (AvgIpc) is 3.04. The van der Waals surface area contributed by atoms with Gasteiger partial charge in [0.1, 0.15) is 16.7 Å². The standard InChI is InChI=1S/C25H25N5O/c1-6-16(4)29-17(5)26-23-21(25(29)31)22-24(28-20-10-8-7-9-19(20)27-22)30(23)18-12-14(2)11-15(3)13-18/h7-13,16H,6H2,1-5H3/t16-/m1/s1. The molecule has 31 heavy (non-hydrogen) atoms. The van der Waals surface area contributed by atoms with Gasteiger partial charge in [-0.15, -0.1) is 0 Å². The SMILES string of the molecule is CC[C@@H](C)n1c(C)nc2c(c1=O)c1nc3ccccc3nc1n2-c1cc(C)cc(C)c1. The Kier molecular flexibility index (Phi) is 4.39. The fraction of sp³-hybridized carbons (Fsp3) is 0.280. The molecule has 0 aliphatic rings. The minimum absolute atomic E-state index is 0.0532. The molecule has 0 fully saturated rings. The second-order valence-corrected chi connectivity index (χ2v) is 8.36. The maximum absolute atomic E-state index is 13.7. The highest BCUT2D eigenvalue weighted by atomic mass is 16.1. The molecule has 6 heteroatoms. The topological polar surface area (TPSA) is 65.6 Å². The van der Waals surface area contributed by atoms with Crippen molar-refractivity contribution in [3.05, 3.63) is 69.8 Å². The average molecular weight is 412 g/mol. The van der Waals surface area contributed by atoms with Crippen LogP contribution in [0, 0.1) is 20.8 Å². The van der Waals surface area contributed by atoms with E-state index >= 15 is 0 Å². The molecular formula is C25H25N5O. The van der Waals surface area contributed by atoms with Gasteiger partial charge in [0.2, 0.25) is 0 Å². The molecule has 156 valence electrons. The van der Waals surface area contributed by atoms with Crippen molar-refractivity contribution in [2.24, 2.45) is 0 Å². The molecule has 0 bridgehead atoms. The van der Waals surface area contributed by atoms with Crippen LogP contribution >= 0.6 is 0 Å². The van der Waals surface area contributed by atoms with Crippen molar-refractivity contribution in [1.82, 2.24) is 24.1 Å². The lowest BCUT2D eigenvalue weighted by molar-refractivity contribution is 0.497. The number of aryl methyl sites for hydroxylation is 3. The Bertz CT molecular complexity index is 1520. The number of hydrogen-bond donors (Lipinski definition) is 0. The van der Waals surface area contributed by atoms with Gasteiger partial charge < -0.3 is 0 Å². The second-order valence-electron chi connectivity index (χ2n) is 8.36. The van der Waals surface area contributed by atoms with Crippen molar-refractivity contribution in [3.63, 3.8) is 0 Å². The zero-order valence-corrected chi connectivity index (χ0v) is 18.5. The number of fused-ring (bicyclic) bond motifs is 4. The van der Waals surface area contributed by atoms with Gasteiger partial charge in [-0.2, -0.15) is 0 Å². The highest BCUT2D eigenvalue weighted by molar-refractivity contribution is 6.05. The van der Waals surface area contributed by atoms with Gasteiger partial charge in [-0.3, -0.25) is 13.9 Å². The number of hydrogen-bond acceptors (Lipinski definition) is 4. The van der Waals surface area contributed by atoms with Crippen LogP contribution in [-0.4, -0.2) is 24.1 Å². The molecule has 0 N–H and O–H groups in total. The van der Waals surface area contributed by atoms with Crippen LogP contribution in [0.4, 0.5) is 0 Å². The van der Waals surface area contributed by atoms with Crippen LogP contribution in [0.1, 0.15) is 43.3 Å². The molecule has 3 aromatic heterocycles. The Morgan fingerprint density at radius 1 is 0.903 bits per heavy atom. The first kappa shape index (κ1) is 19.4. The Hall–Kier alpha value is -3.54. The third-order valence-corrected chi connectivity index (χ3v) is 5.98. The molecule has 6 nitrogen and oxygen atoms in total. The molecule has 0 spiro atoms. The van der Waals surface area contributed by atoms with Crippen LogP contribution in [0.15, 0.2) is 47.3 Å². The Morgan fingerprint density at radius 2 is 1.55 bits per heavy atom. The lowest BCUT2D eigenvalue weighted by Gasteiger charge is -2.16. The Balaban J connectivity index is 2.03. The fourth-order valence-electron chi connectivity index (χ4n) is 4.44. The largest absolute Gasteiger partial charge is 0.293 e. The van der Waals surface area contributed by atoms with Crippen LogP contribution < -0.4 is 5.56 Å². The van der Waals surface area contributed by atoms with Crippen molar-refractivity contribution in [2.75, 3.05) is 0 Å². The van der Waals surface area contributed by atoms with Gasteiger partial charge in [-0.05, 0) is 69.5 Å². The quantitative estimate of drug-likeness (QED) is 0.410. The summed E-state index contributed by atoms with van der Waals surface area (Å²) < 4.78 is 3.77. The van der Waals surface area contributed by atoms with Crippen molar-refractivity contribution in [2.45, 2.75) is 47.1 Å². The van der Waals surface area contributed by atoms with Crippen molar-refractivity contribution in [1.29, 1.82) is 0 Å². The normalized spacial score (nSPS) is 12.8. The van der Waals surface area contributed by atoms with E-state index in [1.807, 2.05) is 42.7 Å². The number of nitrogens with zero attached hydrogens (tertiary/aromatic N) is 5. The number of para-hydroxylation sites is 2. The smallest absolute Gasteiger partial charge is 0.265 e. The van der Waals surface area contributed by atoms with E-state index in [9.17, 15) is 4.79 Å². The minimum Gasteiger partial charge on any atom is -0.293 e. The summed E-state index contributed by atoms with van der Waals surface area (Å²) in [7, 11) is 0. The van der Waals surface area contributed by atoms with Gasteiger partial charge in [-0.25, -0.2) is 15.0 Å². The number of benzene rings is 2. The van der Waals surface area contributed by atoms with Gasteiger partial charge >= 0.3 is 0 Å². The molecule has 5 rings (SSSR count). The van der Waals surface area contributed by atoms with Gasteiger partial charge in [0.05, 0.1) is 11.0 Å². The first-order valence-electron chi connectivity index (χ1n) is 10.7. The molecule has 1 atom stereocenters. The summed E-state index contributed by atoms with van der Waals surface area (Å²) in [4.78, 5) is 28.4. The van der Waals surface area contributed by atoms with E-state index in [1.54, 1.807) is 4.57 Å². The monoisotopic (exact) mass is 411 g/mol. The van der Waals surface area contributed by atoms with Crippen LogP contribution in [0.25, 0.3) is 38.9 Å². The van der Waals surface area contributed by atoms with Gasteiger partial charge in [0.25, 0.3) is 5.56 Å². The first-order chi connectivity index (χ1) is 14.9. The maximum atomic E-state index is 13.7. The summed E-state index contributed by atoms with van der Waals surface area (Å²) in [5, 5.41) is 0.526. The van der Waals surface area contributed by atoms with Crippen LogP contribution in [0.3, 0.4) is 0 Å². The molecule has 0 aliphatic carbocycles. The van der Waals surface area contributed by atoms with Crippen LogP contribution in [0.2, 0.25) is 0 Å². The van der Waals surface area contributed by atoms with Crippen LogP contribution in [0.5, 0.6) is 0 Å². The summed E-state index contributed by atoms with van der Waals surface area (Å²) >= 11 is 0. The van der Waals surface area contributed by atoms with E-state index in [-0.39, 0.29) is 11.6 Å². The Labute approximate surface area is 180 Å². The van der Waals surface area contributed by atoms with Crippen molar-refractivity contribution >= 4 is 33.2 Å². The lowest BCUT2D eigenvalue weighted by Crippen LogP contribution is -2.26. The highest BCUT2D eigenvalue weighted by Crippen LogP contribution is 2.30. The Morgan fingerprint density at radius 3 is 2.19 bits per heavy atom. The zero-order valence-electron chi connectivity index (χ0n) is 18.5. The molecule has 0 saturated heterocycles. The molecule has 0 amide bonds. The third kappa shape index (κ3) is 2.93. The van der Waals surface area contributed by atoms with E-state index in [2.05, 4.69) is 39.0 Å². The second kappa shape index (κ2) is 7.01. The third-order valence-electron chi connectivity index (χ3n) is 5.98. The summed E-state index contributed by atoms with van der Waals surface area (Å²) in [6.07, 6.45) is 0.845. The summed E-state index contributed by atoms with van der Waals surface area (Å²) in [5.74, 6) is 0.699. The van der Waals surface area contributed by atoms with Gasteiger partial charge in [-0.1, -0.05) is 25.1 Å². The molecular weight excluding hydrogens is 386 g/mol. The van der Waals surface area contributed by atoms with Crippen molar-refractivity contribution < 1.29 is 0 Å². The van der Waals surface area contributed by atoms with E-state index in [1.165, 1.54) is 0 Å². The number of aromatic nitrogens is 5. The van der Waals surface area contributed by atoms with Gasteiger partial charge in [0.15, 0.2) is 11.3 Å². The molecule has 0 radical (unpaired) electrons. The predicted molar refractivity (Wildman–Crippen MR) is 125 cm³/mol. The zero-order chi connectivity index (χ0) is 21.9. The summed E-state index contributed by atoms with van der Waals surface area (Å²) in [6.45, 7) is 10.2. The molecule has 3 heterocycles. The fourth-order valence-corrected chi connectivity index (χ4v) is 4.44. The van der Waals surface area contributed by atoms with Crippen LogP contribution in [-0.2, 0) is 0 Å². The van der Waals surface area contributed by atoms with E-state index in [0.29, 0.717) is 28.0 Å². The minimum atomic E-state index is -0.0606. The van der Waals surface area contributed by atoms with E-state index in [0.717, 1.165) is 34.3 Å². The summed E-state index contributed by atoms with van der Waals surface area (Å²) in [5.41, 5.74) is 6.59. The molecule has 2 aromatic carbocycles. The van der Waals surface area contributed by atoms with Gasteiger partial charge in [0, 0.05) is 11.7 Å². The summed E-state index contributed by atoms with van der Waals surface area (Å²) in [6, 6.07) is 14.1.